The van der Waals surface area contributed by atoms with E-state index >= 15 is 0 Å². The lowest BCUT2D eigenvalue weighted by molar-refractivity contribution is 0.290. The van der Waals surface area contributed by atoms with Crippen LogP contribution in [0.5, 0.6) is 0 Å². The molecule has 0 spiro atoms. The van der Waals surface area contributed by atoms with Crippen molar-refractivity contribution >= 4 is 10.0 Å². The van der Waals surface area contributed by atoms with Crippen molar-refractivity contribution in [1.29, 1.82) is 0 Å². The third kappa shape index (κ3) is 3.76. The Labute approximate surface area is 108 Å². The first-order chi connectivity index (χ1) is 8.55. The van der Waals surface area contributed by atoms with Gasteiger partial charge in [0.15, 0.2) is 0 Å². The van der Waals surface area contributed by atoms with Crippen molar-refractivity contribution in [3.63, 3.8) is 0 Å². The van der Waals surface area contributed by atoms with Gasteiger partial charge in [0.25, 0.3) is 0 Å². The number of aryl methyl sites for hydroxylation is 1. The summed E-state index contributed by atoms with van der Waals surface area (Å²) in [7, 11) is -3.06. The summed E-state index contributed by atoms with van der Waals surface area (Å²) in [5.74, 6) is 0. The van der Waals surface area contributed by atoms with Gasteiger partial charge in [-0.15, -0.1) is 0 Å². The lowest BCUT2D eigenvalue weighted by Crippen LogP contribution is -2.52. The predicted molar refractivity (Wildman–Crippen MR) is 70.8 cm³/mol. The molecule has 1 fully saturated rings. The number of sulfonamides is 1. The molecule has 1 atom stereocenters. The number of rotatable bonds is 4. The zero-order valence-electron chi connectivity index (χ0n) is 10.5. The summed E-state index contributed by atoms with van der Waals surface area (Å²) >= 11 is 0. The van der Waals surface area contributed by atoms with E-state index in [1.165, 1.54) is 11.8 Å². The minimum atomic E-state index is -3.06. The van der Waals surface area contributed by atoms with Gasteiger partial charge in [0.05, 0.1) is 6.26 Å². The maximum absolute atomic E-state index is 11.5. The molecule has 0 saturated carbocycles. The van der Waals surface area contributed by atoms with Crippen molar-refractivity contribution in [3.8, 4) is 0 Å². The summed E-state index contributed by atoms with van der Waals surface area (Å²) in [6.07, 6.45) is 6.74. The molecule has 1 unspecified atom stereocenters. The number of hydrogen-bond acceptors (Lipinski definition) is 4. The van der Waals surface area contributed by atoms with E-state index < -0.39 is 10.0 Å². The molecule has 1 saturated heterocycles. The average molecular weight is 269 g/mol. The first-order valence-corrected chi connectivity index (χ1v) is 7.98. The highest BCUT2D eigenvalue weighted by Crippen LogP contribution is 2.10. The lowest BCUT2D eigenvalue weighted by atomic mass is 10.1. The molecule has 1 aromatic heterocycles. The maximum Gasteiger partial charge on any atom is 0.211 e. The molecule has 6 heteroatoms. The molecule has 0 amide bonds. The number of nitrogens with one attached hydrogen (secondary N) is 1. The fourth-order valence-electron chi connectivity index (χ4n) is 2.18. The highest BCUT2D eigenvalue weighted by atomic mass is 32.2. The van der Waals surface area contributed by atoms with Gasteiger partial charge in [0.2, 0.25) is 10.0 Å². The van der Waals surface area contributed by atoms with Crippen LogP contribution in [0, 0.1) is 0 Å². The molecular formula is C12H19N3O2S. The summed E-state index contributed by atoms with van der Waals surface area (Å²) in [6.45, 7) is 1.87. The Morgan fingerprint density at radius 2 is 2.39 bits per heavy atom. The third-order valence-electron chi connectivity index (χ3n) is 3.19. The molecular weight excluding hydrogens is 250 g/mol. The minimum absolute atomic E-state index is 0.230. The van der Waals surface area contributed by atoms with Gasteiger partial charge in [0.1, 0.15) is 0 Å². The Morgan fingerprint density at radius 3 is 3.06 bits per heavy atom. The highest BCUT2D eigenvalue weighted by molar-refractivity contribution is 7.88. The van der Waals surface area contributed by atoms with Crippen LogP contribution in [0.1, 0.15) is 12.0 Å². The molecule has 1 aromatic rings. The van der Waals surface area contributed by atoms with Gasteiger partial charge in [-0.05, 0) is 24.5 Å². The van der Waals surface area contributed by atoms with Crippen LogP contribution < -0.4 is 5.32 Å². The zero-order chi connectivity index (χ0) is 13.0. The molecule has 18 heavy (non-hydrogen) atoms. The van der Waals surface area contributed by atoms with Crippen LogP contribution in [-0.2, 0) is 16.4 Å². The first kappa shape index (κ1) is 13.5. The van der Waals surface area contributed by atoms with E-state index in [0.29, 0.717) is 13.1 Å². The van der Waals surface area contributed by atoms with E-state index in [1.54, 1.807) is 10.5 Å². The van der Waals surface area contributed by atoms with E-state index in [2.05, 4.69) is 10.3 Å². The molecule has 5 nitrogen and oxygen atoms in total. The van der Waals surface area contributed by atoms with Gasteiger partial charge in [-0.1, -0.05) is 6.07 Å². The average Bonchev–Trinajstić information content (AvgIpc) is 2.37. The summed E-state index contributed by atoms with van der Waals surface area (Å²) < 4.78 is 24.5. The molecule has 0 radical (unpaired) electrons. The number of hydrogen-bond donors (Lipinski definition) is 1. The van der Waals surface area contributed by atoms with Gasteiger partial charge in [-0.2, -0.15) is 4.31 Å². The molecule has 0 bridgehead atoms. The minimum Gasteiger partial charge on any atom is -0.311 e. The van der Waals surface area contributed by atoms with Crippen LogP contribution in [-0.4, -0.2) is 49.6 Å². The van der Waals surface area contributed by atoms with Crippen LogP contribution in [0.25, 0.3) is 0 Å². The summed E-state index contributed by atoms with van der Waals surface area (Å²) in [4.78, 5) is 4.08. The molecule has 2 heterocycles. The molecule has 100 valence electrons. The number of nitrogens with zero attached hydrogens (tertiary/aromatic N) is 2. The molecule has 0 aromatic carbocycles. The Morgan fingerprint density at radius 1 is 1.56 bits per heavy atom. The number of aromatic nitrogens is 1. The monoisotopic (exact) mass is 269 g/mol. The fraction of sp³-hybridized carbons (Fsp3) is 0.583. The maximum atomic E-state index is 11.5. The highest BCUT2D eigenvalue weighted by Gasteiger charge is 2.24. The standard InChI is InChI=1S/C12H19N3O2S/c1-18(16,17)15-8-7-14-12(10-15)5-4-11-3-2-6-13-9-11/h2-3,6,9,12,14H,4-5,7-8,10H2,1H3. The zero-order valence-corrected chi connectivity index (χ0v) is 11.4. The largest absolute Gasteiger partial charge is 0.311 e. The van der Waals surface area contributed by atoms with Gasteiger partial charge in [0, 0.05) is 38.1 Å². The second-order valence-electron chi connectivity index (χ2n) is 4.67. The fourth-order valence-corrected chi connectivity index (χ4v) is 3.05. The second kappa shape index (κ2) is 5.77. The molecule has 0 aliphatic carbocycles. The van der Waals surface area contributed by atoms with Crippen molar-refractivity contribution in [2.75, 3.05) is 25.9 Å². The van der Waals surface area contributed by atoms with Gasteiger partial charge >= 0.3 is 0 Å². The van der Waals surface area contributed by atoms with Crippen LogP contribution in [0.4, 0.5) is 0 Å². The van der Waals surface area contributed by atoms with E-state index in [4.69, 9.17) is 0 Å². The van der Waals surface area contributed by atoms with Crippen LogP contribution in [0.15, 0.2) is 24.5 Å². The van der Waals surface area contributed by atoms with E-state index in [-0.39, 0.29) is 6.04 Å². The van der Waals surface area contributed by atoms with Crippen molar-refractivity contribution in [2.45, 2.75) is 18.9 Å². The summed E-state index contributed by atoms with van der Waals surface area (Å²) in [5.41, 5.74) is 1.19. The normalized spacial score (nSPS) is 21.9. The molecule has 1 aliphatic rings. The topological polar surface area (TPSA) is 62.3 Å². The summed E-state index contributed by atoms with van der Waals surface area (Å²) in [6, 6.07) is 4.20. The van der Waals surface area contributed by atoms with Crippen LogP contribution in [0.2, 0.25) is 0 Å². The Balaban J connectivity index is 1.87. The third-order valence-corrected chi connectivity index (χ3v) is 4.46. The van der Waals surface area contributed by atoms with Gasteiger partial charge < -0.3 is 5.32 Å². The van der Waals surface area contributed by atoms with Crippen molar-refractivity contribution in [2.24, 2.45) is 0 Å². The first-order valence-electron chi connectivity index (χ1n) is 6.13. The van der Waals surface area contributed by atoms with Gasteiger partial charge in [-0.25, -0.2) is 8.42 Å². The lowest BCUT2D eigenvalue weighted by Gasteiger charge is -2.32. The Kier molecular flexibility index (Phi) is 4.31. The van der Waals surface area contributed by atoms with Crippen LogP contribution in [0.3, 0.4) is 0 Å². The van der Waals surface area contributed by atoms with E-state index in [0.717, 1.165) is 19.4 Å². The van der Waals surface area contributed by atoms with Gasteiger partial charge in [-0.3, -0.25) is 4.98 Å². The second-order valence-corrected chi connectivity index (χ2v) is 6.65. The van der Waals surface area contributed by atoms with E-state index in [1.807, 2.05) is 18.3 Å². The number of pyridine rings is 1. The predicted octanol–water partition coefficient (Wildman–Crippen LogP) is 0.248. The van der Waals surface area contributed by atoms with Crippen molar-refractivity contribution < 1.29 is 8.42 Å². The van der Waals surface area contributed by atoms with Crippen molar-refractivity contribution in [3.05, 3.63) is 30.1 Å². The van der Waals surface area contributed by atoms with Crippen molar-refractivity contribution in [1.82, 2.24) is 14.6 Å². The molecule has 1 aliphatic heterocycles. The quantitative estimate of drug-likeness (QED) is 0.851. The smallest absolute Gasteiger partial charge is 0.211 e. The molecule has 2 rings (SSSR count). The Hall–Kier alpha value is -0.980. The Bertz CT molecular complexity index is 475. The number of piperazine rings is 1. The summed E-state index contributed by atoms with van der Waals surface area (Å²) in [5, 5.41) is 3.36. The van der Waals surface area contributed by atoms with Crippen LogP contribution >= 0.6 is 0 Å². The molecule has 1 N–H and O–H groups in total. The SMILES string of the molecule is CS(=O)(=O)N1CCNC(CCc2cccnc2)C1. The van der Waals surface area contributed by atoms with E-state index in [9.17, 15) is 8.42 Å².